The quantitative estimate of drug-likeness (QED) is 0.468. The maximum Gasteiger partial charge on any atom is 0.123 e. The number of nitrogens with one attached hydrogen (secondary N) is 3. The summed E-state index contributed by atoms with van der Waals surface area (Å²) in [4.78, 5) is 3.31. The summed E-state index contributed by atoms with van der Waals surface area (Å²) >= 11 is 0. The van der Waals surface area contributed by atoms with Crippen molar-refractivity contribution in [3.05, 3.63) is 54.3 Å². The topological polar surface area (TPSA) is 51.7 Å². The number of rotatable bonds is 2. The van der Waals surface area contributed by atoms with E-state index in [1.165, 1.54) is 12.1 Å². The minimum atomic E-state index is -0.238. The Balaban J connectivity index is 2.01. The molecule has 0 spiro atoms. The normalized spacial score (nSPS) is 10.7. The SMILES string of the molecule is CC(=N)Nc1ccc2[nH]c(-c3ccc(F)cc3)cc2c1. The molecule has 0 aliphatic rings. The number of fused-ring (bicyclic) bond motifs is 1. The zero-order valence-corrected chi connectivity index (χ0v) is 11.0. The Kier molecular flexibility index (Phi) is 2.99. The smallest absolute Gasteiger partial charge is 0.123 e. The van der Waals surface area contributed by atoms with E-state index < -0.39 is 0 Å². The van der Waals surface area contributed by atoms with E-state index in [-0.39, 0.29) is 5.82 Å². The molecule has 0 unspecified atom stereocenters. The number of hydrogen-bond donors (Lipinski definition) is 3. The first-order valence-electron chi connectivity index (χ1n) is 6.33. The number of benzene rings is 2. The summed E-state index contributed by atoms with van der Waals surface area (Å²) in [5.41, 5.74) is 3.79. The zero-order valence-electron chi connectivity index (χ0n) is 11.0. The van der Waals surface area contributed by atoms with Gasteiger partial charge < -0.3 is 10.3 Å². The third-order valence-electron chi connectivity index (χ3n) is 3.11. The van der Waals surface area contributed by atoms with Gasteiger partial charge in [-0.25, -0.2) is 4.39 Å². The van der Waals surface area contributed by atoms with Gasteiger partial charge >= 0.3 is 0 Å². The lowest BCUT2D eigenvalue weighted by atomic mass is 10.1. The minimum absolute atomic E-state index is 0.238. The summed E-state index contributed by atoms with van der Waals surface area (Å²) < 4.78 is 12.9. The van der Waals surface area contributed by atoms with Gasteiger partial charge in [0.15, 0.2) is 0 Å². The molecule has 20 heavy (non-hydrogen) atoms. The Hall–Kier alpha value is -2.62. The highest BCUT2D eigenvalue weighted by atomic mass is 19.1. The molecule has 3 aromatic rings. The van der Waals surface area contributed by atoms with E-state index in [9.17, 15) is 4.39 Å². The Morgan fingerprint density at radius 1 is 1.10 bits per heavy atom. The van der Waals surface area contributed by atoms with Crippen LogP contribution in [0.3, 0.4) is 0 Å². The highest BCUT2D eigenvalue weighted by Gasteiger charge is 2.04. The molecule has 0 radical (unpaired) electrons. The lowest BCUT2D eigenvalue weighted by Gasteiger charge is -2.02. The maximum absolute atomic E-state index is 12.9. The fourth-order valence-electron chi connectivity index (χ4n) is 2.21. The van der Waals surface area contributed by atoms with Crippen LogP contribution in [0.15, 0.2) is 48.5 Å². The first kappa shape index (κ1) is 12.4. The van der Waals surface area contributed by atoms with Crippen LogP contribution < -0.4 is 5.32 Å². The zero-order chi connectivity index (χ0) is 14.1. The van der Waals surface area contributed by atoms with Crippen molar-refractivity contribution in [2.24, 2.45) is 0 Å². The largest absolute Gasteiger partial charge is 0.355 e. The van der Waals surface area contributed by atoms with Crippen molar-refractivity contribution < 1.29 is 4.39 Å². The van der Waals surface area contributed by atoms with Crippen LogP contribution in [0.25, 0.3) is 22.2 Å². The van der Waals surface area contributed by atoms with Crippen molar-refractivity contribution >= 4 is 22.4 Å². The van der Waals surface area contributed by atoms with Gasteiger partial charge in [0.2, 0.25) is 0 Å². The fourth-order valence-corrected chi connectivity index (χ4v) is 2.21. The van der Waals surface area contributed by atoms with Gasteiger partial charge in [0.05, 0.1) is 5.84 Å². The summed E-state index contributed by atoms with van der Waals surface area (Å²) in [6, 6.07) is 14.3. The molecule has 3 nitrogen and oxygen atoms in total. The maximum atomic E-state index is 12.9. The standard InChI is InChI=1S/C16H14FN3/c1-10(18)19-14-6-7-15-12(8-14)9-16(20-15)11-2-4-13(17)5-3-11/h2-9,20H,1H3,(H2,18,19). The van der Waals surface area contributed by atoms with Crippen LogP contribution in [0.5, 0.6) is 0 Å². The van der Waals surface area contributed by atoms with E-state index in [0.717, 1.165) is 27.8 Å². The summed E-state index contributed by atoms with van der Waals surface area (Å²) in [7, 11) is 0. The highest BCUT2D eigenvalue weighted by molar-refractivity contribution is 5.95. The number of anilines is 1. The average Bonchev–Trinajstić information content (AvgIpc) is 2.81. The summed E-state index contributed by atoms with van der Waals surface area (Å²) in [6.07, 6.45) is 0. The van der Waals surface area contributed by atoms with Gasteiger partial charge in [0.25, 0.3) is 0 Å². The molecule has 0 bridgehead atoms. The van der Waals surface area contributed by atoms with E-state index in [0.29, 0.717) is 5.84 Å². The minimum Gasteiger partial charge on any atom is -0.355 e. The van der Waals surface area contributed by atoms with Gasteiger partial charge in [0.1, 0.15) is 5.82 Å². The monoisotopic (exact) mass is 267 g/mol. The van der Waals surface area contributed by atoms with E-state index >= 15 is 0 Å². The predicted molar refractivity (Wildman–Crippen MR) is 80.7 cm³/mol. The Bertz CT molecular complexity index is 772. The van der Waals surface area contributed by atoms with Crippen LogP contribution in [0.4, 0.5) is 10.1 Å². The van der Waals surface area contributed by atoms with Crippen LogP contribution in [0, 0.1) is 11.2 Å². The molecule has 100 valence electrons. The molecule has 0 aliphatic heterocycles. The van der Waals surface area contributed by atoms with E-state index in [1.54, 1.807) is 19.1 Å². The Morgan fingerprint density at radius 2 is 1.85 bits per heavy atom. The second-order valence-corrected chi connectivity index (χ2v) is 4.74. The van der Waals surface area contributed by atoms with Gasteiger partial charge in [-0.15, -0.1) is 0 Å². The number of aromatic nitrogens is 1. The van der Waals surface area contributed by atoms with Gasteiger partial charge in [-0.3, -0.25) is 5.41 Å². The van der Waals surface area contributed by atoms with Crippen molar-refractivity contribution in [1.82, 2.24) is 4.98 Å². The van der Waals surface area contributed by atoms with Gasteiger partial charge in [-0.2, -0.15) is 0 Å². The van der Waals surface area contributed by atoms with Crippen molar-refractivity contribution in [1.29, 1.82) is 5.41 Å². The van der Waals surface area contributed by atoms with Crippen molar-refractivity contribution in [2.45, 2.75) is 6.92 Å². The van der Waals surface area contributed by atoms with E-state index in [1.807, 2.05) is 24.3 Å². The second-order valence-electron chi connectivity index (χ2n) is 4.74. The predicted octanol–water partition coefficient (Wildman–Crippen LogP) is 4.38. The van der Waals surface area contributed by atoms with Gasteiger partial charge in [-0.1, -0.05) is 0 Å². The summed E-state index contributed by atoms with van der Waals surface area (Å²) in [5.74, 6) is 0.163. The molecule has 0 saturated heterocycles. The summed E-state index contributed by atoms with van der Waals surface area (Å²) in [5, 5.41) is 11.5. The Labute approximate surface area is 116 Å². The molecule has 3 N–H and O–H groups in total. The summed E-state index contributed by atoms with van der Waals surface area (Å²) in [6.45, 7) is 1.70. The molecule has 1 aromatic heterocycles. The molecule has 1 heterocycles. The molecule has 4 heteroatoms. The third kappa shape index (κ3) is 2.40. The molecule has 0 aliphatic carbocycles. The molecule has 0 atom stereocenters. The fraction of sp³-hybridized carbons (Fsp3) is 0.0625. The lowest BCUT2D eigenvalue weighted by molar-refractivity contribution is 0.628. The first-order chi connectivity index (χ1) is 9.61. The number of halogens is 1. The molecule has 0 amide bonds. The van der Waals surface area contributed by atoms with Crippen molar-refractivity contribution in [3.63, 3.8) is 0 Å². The molecular weight excluding hydrogens is 253 g/mol. The van der Waals surface area contributed by atoms with Crippen LogP contribution in [-0.4, -0.2) is 10.8 Å². The second kappa shape index (κ2) is 4.81. The van der Waals surface area contributed by atoms with Crippen LogP contribution >= 0.6 is 0 Å². The van der Waals surface area contributed by atoms with Crippen LogP contribution in [0.1, 0.15) is 6.92 Å². The van der Waals surface area contributed by atoms with Crippen molar-refractivity contribution in [2.75, 3.05) is 5.32 Å². The first-order valence-corrected chi connectivity index (χ1v) is 6.33. The van der Waals surface area contributed by atoms with Crippen LogP contribution in [0.2, 0.25) is 0 Å². The number of aromatic amines is 1. The molecular formula is C16H14FN3. The number of H-pyrrole nitrogens is 1. The lowest BCUT2D eigenvalue weighted by Crippen LogP contribution is -2.04. The van der Waals surface area contributed by atoms with E-state index in [2.05, 4.69) is 10.3 Å². The average molecular weight is 267 g/mol. The van der Waals surface area contributed by atoms with Crippen LogP contribution in [-0.2, 0) is 0 Å². The Morgan fingerprint density at radius 3 is 2.55 bits per heavy atom. The molecule has 0 fully saturated rings. The van der Waals surface area contributed by atoms with Gasteiger partial charge in [-0.05, 0) is 61.0 Å². The van der Waals surface area contributed by atoms with E-state index in [4.69, 9.17) is 5.41 Å². The third-order valence-corrected chi connectivity index (χ3v) is 3.11. The number of hydrogen-bond acceptors (Lipinski definition) is 1. The van der Waals surface area contributed by atoms with Gasteiger partial charge in [0, 0.05) is 22.3 Å². The highest BCUT2D eigenvalue weighted by Crippen LogP contribution is 2.26. The number of amidine groups is 1. The molecule has 0 saturated carbocycles. The molecule has 3 rings (SSSR count). The molecule has 2 aromatic carbocycles. The van der Waals surface area contributed by atoms with Crippen molar-refractivity contribution in [3.8, 4) is 11.3 Å².